The number of ether oxygens (including phenoxy) is 1. The molecule has 2 heterocycles. The highest BCUT2D eigenvalue weighted by molar-refractivity contribution is 9.12. The molecule has 4 nitrogen and oxygen atoms in total. The highest BCUT2D eigenvalue weighted by atomic mass is 79.9. The molecule has 2 N–H and O–H groups in total. The third-order valence-electron chi connectivity index (χ3n) is 2.68. The Labute approximate surface area is 126 Å². The van der Waals surface area contributed by atoms with E-state index in [2.05, 4.69) is 37.0 Å². The highest BCUT2D eigenvalue weighted by Gasteiger charge is 2.23. The Morgan fingerprint density at radius 1 is 1.56 bits per heavy atom. The number of rotatable bonds is 4. The summed E-state index contributed by atoms with van der Waals surface area (Å²) in [4.78, 5) is 0. The third kappa shape index (κ3) is 2.49. The van der Waals surface area contributed by atoms with Crippen LogP contribution in [0.15, 0.2) is 19.8 Å². The van der Waals surface area contributed by atoms with E-state index in [1.807, 2.05) is 17.7 Å². The third-order valence-corrected chi connectivity index (χ3v) is 5.06. The van der Waals surface area contributed by atoms with Crippen LogP contribution in [0.25, 0.3) is 0 Å². The van der Waals surface area contributed by atoms with Crippen molar-refractivity contribution >= 4 is 43.2 Å². The van der Waals surface area contributed by atoms with E-state index in [9.17, 15) is 0 Å². The van der Waals surface area contributed by atoms with Crippen molar-refractivity contribution in [2.45, 2.75) is 19.5 Å². The van der Waals surface area contributed by atoms with E-state index in [4.69, 9.17) is 10.5 Å². The van der Waals surface area contributed by atoms with Crippen LogP contribution in [-0.4, -0.2) is 16.9 Å². The summed E-state index contributed by atoms with van der Waals surface area (Å²) in [5.74, 6) is 0.721. The zero-order valence-corrected chi connectivity index (χ0v) is 14.0. The van der Waals surface area contributed by atoms with Crippen molar-refractivity contribution in [3.05, 3.63) is 31.1 Å². The number of hydrogen-bond acceptors (Lipinski definition) is 4. The first-order valence-electron chi connectivity index (χ1n) is 5.38. The standard InChI is InChI=1S/C11H13Br2N3OS/c1-3-16-10(7(17-2)5-15-16)9(14)6-4-8(12)18-11(6)13/h4-5,9H,3,14H2,1-2H3. The molecule has 7 heteroatoms. The van der Waals surface area contributed by atoms with E-state index in [0.29, 0.717) is 0 Å². The van der Waals surface area contributed by atoms with Gasteiger partial charge in [0.05, 0.1) is 26.9 Å². The molecule has 0 aromatic carbocycles. The minimum Gasteiger partial charge on any atom is -0.493 e. The summed E-state index contributed by atoms with van der Waals surface area (Å²) >= 11 is 8.60. The maximum atomic E-state index is 6.34. The van der Waals surface area contributed by atoms with Crippen LogP contribution in [0.2, 0.25) is 0 Å². The van der Waals surface area contributed by atoms with Crippen LogP contribution in [-0.2, 0) is 6.54 Å². The van der Waals surface area contributed by atoms with Gasteiger partial charge >= 0.3 is 0 Å². The molecule has 1 unspecified atom stereocenters. The van der Waals surface area contributed by atoms with E-state index in [1.165, 1.54) is 0 Å². The van der Waals surface area contributed by atoms with Gasteiger partial charge in [0.25, 0.3) is 0 Å². The van der Waals surface area contributed by atoms with Crippen molar-refractivity contribution in [3.63, 3.8) is 0 Å². The molecule has 1 atom stereocenters. The van der Waals surface area contributed by atoms with Crippen molar-refractivity contribution in [1.82, 2.24) is 9.78 Å². The number of nitrogens with two attached hydrogens (primary N) is 1. The summed E-state index contributed by atoms with van der Waals surface area (Å²) in [6.07, 6.45) is 1.70. The molecule has 0 bridgehead atoms. The van der Waals surface area contributed by atoms with Gasteiger partial charge in [-0.05, 0) is 44.8 Å². The molecule has 2 rings (SSSR count). The smallest absolute Gasteiger partial charge is 0.161 e. The number of halogens is 2. The summed E-state index contributed by atoms with van der Waals surface area (Å²) < 4.78 is 9.26. The molecule has 0 saturated carbocycles. The number of thiophene rings is 1. The maximum absolute atomic E-state index is 6.34. The SMILES string of the molecule is CCn1ncc(OC)c1C(N)c1cc(Br)sc1Br. The van der Waals surface area contributed by atoms with E-state index in [0.717, 1.165) is 31.1 Å². The molecular formula is C11H13Br2N3OS. The molecule has 0 saturated heterocycles. The zero-order chi connectivity index (χ0) is 13.3. The van der Waals surface area contributed by atoms with Crippen molar-refractivity contribution < 1.29 is 4.74 Å². The normalized spacial score (nSPS) is 12.7. The minimum atomic E-state index is -0.265. The second-order valence-corrected chi connectivity index (χ2v) is 7.42. The van der Waals surface area contributed by atoms with E-state index < -0.39 is 0 Å². The first kappa shape index (κ1) is 14.0. The number of nitrogens with zero attached hydrogens (tertiary/aromatic N) is 2. The van der Waals surface area contributed by atoms with Crippen molar-refractivity contribution in [1.29, 1.82) is 0 Å². The van der Waals surface area contributed by atoms with E-state index in [1.54, 1.807) is 24.6 Å². The van der Waals surface area contributed by atoms with Gasteiger partial charge in [0.15, 0.2) is 5.75 Å². The number of methoxy groups -OCH3 is 1. The maximum Gasteiger partial charge on any atom is 0.161 e. The van der Waals surface area contributed by atoms with Crippen LogP contribution in [0, 0.1) is 0 Å². The Hall–Kier alpha value is -0.370. The summed E-state index contributed by atoms with van der Waals surface area (Å²) in [6.45, 7) is 2.79. The summed E-state index contributed by atoms with van der Waals surface area (Å²) in [6, 6.07) is 1.76. The van der Waals surface area contributed by atoms with Crippen LogP contribution in [0.5, 0.6) is 5.75 Å². The fourth-order valence-electron chi connectivity index (χ4n) is 1.81. The lowest BCUT2D eigenvalue weighted by atomic mass is 10.1. The summed E-state index contributed by atoms with van der Waals surface area (Å²) in [5.41, 5.74) is 8.27. The van der Waals surface area contributed by atoms with Crippen molar-refractivity contribution in [2.75, 3.05) is 7.11 Å². The number of aryl methyl sites for hydroxylation is 1. The lowest BCUT2D eigenvalue weighted by Crippen LogP contribution is -2.17. The Morgan fingerprint density at radius 2 is 2.28 bits per heavy atom. The molecule has 98 valence electrons. The van der Waals surface area contributed by atoms with Gasteiger partial charge in [-0.2, -0.15) is 5.10 Å². The lowest BCUT2D eigenvalue weighted by Gasteiger charge is -2.14. The Morgan fingerprint density at radius 3 is 2.78 bits per heavy atom. The van der Waals surface area contributed by atoms with Crippen LogP contribution < -0.4 is 10.5 Å². The van der Waals surface area contributed by atoms with Gasteiger partial charge in [-0.15, -0.1) is 11.3 Å². The van der Waals surface area contributed by atoms with Gasteiger partial charge in [-0.25, -0.2) is 0 Å². The molecule has 0 spiro atoms. The zero-order valence-electron chi connectivity index (χ0n) is 9.98. The predicted octanol–water partition coefficient (Wildman–Crippen LogP) is 3.55. The topological polar surface area (TPSA) is 53.1 Å². The van der Waals surface area contributed by atoms with Gasteiger partial charge in [0.1, 0.15) is 5.69 Å². The molecule has 2 aromatic rings. The molecule has 0 aliphatic rings. The summed E-state index contributed by atoms with van der Waals surface area (Å²) in [7, 11) is 1.63. The fraction of sp³-hybridized carbons (Fsp3) is 0.364. The predicted molar refractivity (Wildman–Crippen MR) is 80.2 cm³/mol. The average molecular weight is 395 g/mol. The Bertz CT molecular complexity index is 531. The summed E-state index contributed by atoms with van der Waals surface area (Å²) in [5, 5.41) is 4.28. The molecule has 2 aromatic heterocycles. The number of hydrogen-bond donors (Lipinski definition) is 1. The first-order chi connectivity index (χ1) is 8.58. The highest BCUT2D eigenvalue weighted by Crippen LogP contribution is 2.38. The molecular weight excluding hydrogens is 382 g/mol. The van der Waals surface area contributed by atoms with E-state index >= 15 is 0 Å². The second-order valence-electron chi connectivity index (χ2n) is 3.67. The molecule has 0 amide bonds. The molecule has 18 heavy (non-hydrogen) atoms. The molecule has 0 fully saturated rings. The van der Waals surface area contributed by atoms with Crippen molar-refractivity contribution in [2.24, 2.45) is 5.73 Å². The van der Waals surface area contributed by atoms with Gasteiger partial charge in [-0.3, -0.25) is 4.68 Å². The average Bonchev–Trinajstić information content (AvgIpc) is 2.90. The Balaban J connectivity index is 2.47. The van der Waals surface area contributed by atoms with Crippen LogP contribution in [0.1, 0.15) is 24.2 Å². The van der Waals surface area contributed by atoms with Crippen LogP contribution in [0.3, 0.4) is 0 Å². The van der Waals surface area contributed by atoms with Gasteiger partial charge < -0.3 is 10.5 Å². The van der Waals surface area contributed by atoms with Crippen molar-refractivity contribution in [3.8, 4) is 5.75 Å². The lowest BCUT2D eigenvalue weighted by molar-refractivity contribution is 0.404. The monoisotopic (exact) mass is 393 g/mol. The largest absolute Gasteiger partial charge is 0.493 e. The second kappa shape index (κ2) is 5.73. The van der Waals surface area contributed by atoms with Gasteiger partial charge in [0, 0.05) is 12.1 Å². The van der Waals surface area contributed by atoms with Gasteiger partial charge in [-0.1, -0.05) is 0 Å². The van der Waals surface area contributed by atoms with Crippen LogP contribution in [0.4, 0.5) is 0 Å². The Kier molecular flexibility index (Phi) is 4.47. The number of aromatic nitrogens is 2. The minimum absolute atomic E-state index is 0.265. The molecule has 0 aliphatic heterocycles. The quantitative estimate of drug-likeness (QED) is 0.862. The fourth-order valence-corrected chi connectivity index (χ4v) is 4.74. The molecule has 0 aliphatic carbocycles. The first-order valence-corrected chi connectivity index (χ1v) is 7.78. The molecule has 0 radical (unpaired) electrons. The van der Waals surface area contributed by atoms with Crippen LogP contribution >= 0.6 is 43.2 Å². The van der Waals surface area contributed by atoms with Gasteiger partial charge in [0.2, 0.25) is 0 Å². The van der Waals surface area contributed by atoms with E-state index in [-0.39, 0.29) is 6.04 Å².